The van der Waals surface area contributed by atoms with Crippen molar-refractivity contribution in [1.82, 2.24) is 39.6 Å². The Balaban J connectivity index is 0.000000799. The van der Waals surface area contributed by atoms with Crippen molar-refractivity contribution in [2.75, 3.05) is 0 Å². The number of carboxylic acid groups (broad SMARTS) is 2. The number of hydrogen-bond donors (Lipinski definition) is 6. The van der Waals surface area contributed by atoms with E-state index < -0.39 is 55.9 Å². The number of aldehydes is 1. The number of carbonyl (C=O) groups excluding carboxylic acids is 1. The van der Waals surface area contributed by atoms with E-state index in [1.807, 2.05) is 381 Å². The molecule has 0 unspecified atom stereocenters. The fourth-order valence-electron chi connectivity index (χ4n) is 11.4. The molecule has 7 heterocycles. The minimum Gasteiger partial charge on any atom is -0.478 e. The minimum absolute atomic E-state index is 0. The molecule has 13 aromatic rings. The van der Waals surface area contributed by atoms with Crippen LogP contribution in [-0.2, 0) is 76.2 Å². The van der Waals surface area contributed by atoms with E-state index in [0.29, 0.717) is 24.0 Å². The summed E-state index contributed by atoms with van der Waals surface area (Å²) in [4.78, 5) is 59.1. The van der Waals surface area contributed by atoms with Gasteiger partial charge in [0.25, 0.3) is 0 Å². The Morgan fingerprint density at radius 2 is 0.646 bits per heavy atom. The Morgan fingerprint density at radius 1 is 0.368 bits per heavy atom. The van der Waals surface area contributed by atoms with Crippen LogP contribution >= 0.6 is 0 Å². The number of carboxylic acids is 2. The molecule has 7 atom stereocenters. The predicted octanol–water partition coefficient (Wildman–Crippen LogP) is 22.1. The normalized spacial score (nSPS) is 12.5. The number of carbonyl (C=O) groups is 3. The molecule has 13 rings (SSSR count). The molecule has 6 aromatic carbocycles. The Morgan fingerprint density at radius 3 is 0.861 bits per heavy atom. The van der Waals surface area contributed by atoms with Crippen molar-refractivity contribution in [3.8, 4) is 0 Å². The third-order valence-corrected chi connectivity index (χ3v) is 25.9. The van der Waals surface area contributed by atoms with Crippen LogP contribution in [0.15, 0.2) is 374 Å². The number of benzene rings is 6. The second kappa shape index (κ2) is 69.9. The van der Waals surface area contributed by atoms with Crippen molar-refractivity contribution in [1.29, 1.82) is 0 Å². The smallest absolute Gasteiger partial charge is 0.478 e. The first kappa shape index (κ1) is 131. The zero-order valence-electron chi connectivity index (χ0n) is 89.1. The average molecular weight is 2050 g/mol. The van der Waals surface area contributed by atoms with Gasteiger partial charge in [-0.3, -0.25) is 44.8 Å². The van der Waals surface area contributed by atoms with Crippen molar-refractivity contribution < 1.29 is 92.8 Å². The second-order valence-corrected chi connectivity index (χ2v) is 46.3. The van der Waals surface area contributed by atoms with Gasteiger partial charge in [0.05, 0.1) is 47.0 Å². The molecule has 0 radical (unpaired) electrons. The summed E-state index contributed by atoms with van der Waals surface area (Å²) in [5.74, 6) is -0.159. The molecule has 9 N–H and O–H groups in total. The molecule has 0 saturated carbocycles. The minimum atomic E-state index is -1.26. The van der Waals surface area contributed by atoms with Gasteiger partial charge >= 0.3 is 63.3 Å². The van der Waals surface area contributed by atoms with Crippen LogP contribution in [0.5, 0.6) is 0 Å². The summed E-state index contributed by atoms with van der Waals surface area (Å²) in [6.07, 6.45) is 19.0. The van der Waals surface area contributed by atoms with Gasteiger partial charge in [0, 0.05) is 136 Å². The number of nitrogens with zero attached hydrogens (tertiary/aromatic N) is 9. The van der Waals surface area contributed by atoms with Gasteiger partial charge in [0.15, 0.2) is 0 Å². The zero-order chi connectivity index (χ0) is 107. The largest absolute Gasteiger partial charge is 1.00 e. The first-order valence-corrected chi connectivity index (χ1v) is 51.7. The Hall–Kier alpha value is -11.0. The molecule has 0 fully saturated rings. The summed E-state index contributed by atoms with van der Waals surface area (Å²) in [6.45, 7) is 50.5. The third-order valence-electron chi connectivity index (χ3n) is 20.5. The van der Waals surface area contributed by atoms with Crippen molar-refractivity contribution >= 4 is 74.6 Å². The Bertz CT molecular complexity index is 5500. The molecule has 766 valence electrons. The van der Waals surface area contributed by atoms with E-state index in [1.165, 1.54) is 5.92 Å². The number of nitrogens with two attached hydrogens (primary N) is 3. The first-order valence-electron chi connectivity index (χ1n) is 47.2. The molecule has 0 bridgehead atoms. The Labute approximate surface area is 912 Å². The zero-order valence-corrected chi connectivity index (χ0v) is 95.5. The summed E-state index contributed by atoms with van der Waals surface area (Å²) in [5.41, 5.74) is 25.7. The molecule has 0 aliphatic carbocycles. The topological polar surface area (TPSA) is 365 Å². The number of aromatic nitrogens is 7. The molecule has 0 aliphatic heterocycles. The number of pyridine rings is 7. The second-order valence-electron chi connectivity index (χ2n) is 38.6. The van der Waals surface area contributed by atoms with E-state index in [-0.39, 0.29) is 105 Å². The van der Waals surface area contributed by atoms with E-state index in [2.05, 4.69) is 175 Å². The average Bonchev–Trinajstić information content (AvgIpc) is 0.797. The molecule has 144 heavy (non-hydrogen) atoms. The van der Waals surface area contributed by atoms with Crippen LogP contribution in [0, 0.1) is 5.92 Å². The number of aryl methyl sites for hydroxylation is 1. The van der Waals surface area contributed by atoms with Crippen molar-refractivity contribution in [2.45, 2.75) is 245 Å². The molecular weight excluding hydrogens is 1900 g/mol. The van der Waals surface area contributed by atoms with Gasteiger partial charge in [-0.05, 0) is 202 Å². The number of aliphatic carboxylic acids is 2. The van der Waals surface area contributed by atoms with Crippen LogP contribution in [-0.4, -0.2) is 112 Å². The summed E-state index contributed by atoms with van der Waals surface area (Å²) in [5, 5.41) is 20.7. The van der Waals surface area contributed by atoms with Crippen LogP contribution in [0.4, 0.5) is 0 Å². The van der Waals surface area contributed by atoms with Crippen LogP contribution in [0.2, 0.25) is 0 Å². The van der Waals surface area contributed by atoms with Gasteiger partial charge in [-0.2, -0.15) is 20.8 Å². The van der Waals surface area contributed by atoms with Crippen LogP contribution in [0.25, 0.3) is 0 Å². The molecule has 27 heteroatoms. The SMILES string of the molecule is CC(C)(C)[S@@](=O)N=Cc1ccccc1.CC(C)(C)[S@@](=O)N=Cc1ccccc1.CC(C)(C)[S@](N)=O.CC(C)(c1ccccn1)[C@@H](N)c1ccccc1.CC(C)(c1ccccn1)[C@@H](N)c1ccccc1.CC(C)(c1ccccn1)[C@@H](N[S@](=O)C(C)(C)C)c1ccccc1.CC(C)c1ccccn1.CC(C)c1ccccn1.CCc1ccccn1.C[C-](C)c1ccccn1.O=C(O)/C=C/C(=O)O.O=Cc1ccccc1.[K+]. The maximum absolute atomic E-state index is 12.7. The van der Waals surface area contributed by atoms with Crippen molar-refractivity contribution in [2.24, 2.45) is 25.4 Å². The van der Waals surface area contributed by atoms with Crippen molar-refractivity contribution in [3.05, 3.63) is 444 Å². The van der Waals surface area contributed by atoms with E-state index in [0.717, 1.165) is 85.9 Å². The number of nitrogens with one attached hydrogen (secondary N) is 1. The number of hydrogen-bond acceptors (Lipinski definition) is 16. The van der Waals surface area contributed by atoms with Crippen molar-refractivity contribution in [3.63, 3.8) is 0 Å². The van der Waals surface area contributed by atoms with E-state index in [1.54, 1.807) is 30.8 Å². The standard InChI is InChI=1S/C19H26N2OS.2C15H18N2.2C11H15NOS.2C8H11N.C8H10N.C7H9N.C7H6O.C4H11NOS.C4H4O4.K/c1-18(2,3)23(22)21-17(15-11-7-6-8-12-15)19(4,5)16-13-9-10-14-20-16;2*1-15(2,13-10-6-7-11-17-13)14(16)12-8-4-3-5-9-12;2*1-11(2,3)14(13)12-9-10-7-5-4-6-8-10;3*1-7(2)8-5-3-4-6-9-8;1-2-7-5-3-4-6-8-7;8-6-7-4-2-1-3-5-7;1-4(2,3)7(5)6;5-3(6)1-2-4(7)8;/h6-14,17,21H,1-5H3;2*3-11,14H,16H2,1-2H3;2*4-9H,1-3H3;2*3-7H,1-2H3;3-6H,1-2H3;3-6H,2H2,1H3;1-6H;5H2,1-3H3;1-2H,(H,5,6)(H,7,8);/q;;;;;;;-1;;;;;+1/b;;;;;;;;;;;2-1+;/t17-,23+;4*14-;;;;;;7-;;/m00011.....1../s1. The Kier molecular flexibility index (Phi) is 63.6. The molecule has 0 aliphatic rings. The third kappa shape index (κ3) is 55.4. The summed E-state index contributed by atoms with van der Waals surface area (Å²) < 4.78 is 56.4. The molecule has 22 nitrogen and oxygen atoms in total. The van der Waals surface area contributed by atoms with Gasteiger partial charge in [0.2, 0.25) is 0 Å². The van der Waals surface area contributed by atoms with Gasteiger partial charge in [0.1, 0.15) is 28.3 Å². The van der Waals surface area contributed by atoms with Crippen LogP contribution < -0.4 is 72.7 Å². The molecule has 0 amide bonds. The molecule has 0 saturated heterocycles. The van der Waals surface area contributed by atoms with Gasteiger partial charge < -0.3 is 21.7 Å². The van der Waals surface area contributed by atoms with Gasteiger partial charge in [-0.15, -0.1) is 19.9 Å². The maximum atomic E-state index is 12.7. The number of rotatable bonds is 22. The quantitative estimate of drug-likeness (QED) is 0.0121. The molecule has 0 spiro atoms. The van der Waals surface area contributed by atoms with E-state index in [9.17, 15) is 31.2 Å². The van der Waals surface area contributed by atoms with E-state index >= 15 is 0 Å². The fourth-order valence-corrected chi connectivity index (χ4v) is 13.5. The van der Waals surface area contributed by atoms with Gasteiger partial charge in [-0.25, -0.2) is 31.1 Å². The summed E-state index contributed by atoms with van der Waals surface area (Å²) in [6, 6.07) is 100. The van der Waals surface area contributed by atoms with Crippen LogP contribution in [0.3, 0.4) is 0 Å². The van der Waals surface area contributed by atoms with E-state index in [4.69, 9.17) is 26.8 Å². The molecule has 7 aromatic heterocycles. The summed E-state index contributed by atoms with van der Waals surface area (Å²) in [7, 11) is -4.69. The monoisotopic (exact) mass is 2050 g/mol. The first-order chi connectivity index (χ1) is 67.3. The predicted molar refractivity (Wildman–Crippen MR) is 599 cm³/mol. The maximum Gasteiger partial charge on any atom is 1.00 e. The van der Waals surface area contributed by atoms with Gasteiger partial charge in [-0.1, -0.05) is 306 Å². The summed E-state index contributed by atoms with van der Waals surface area (Å²) >= 11 is 0. The molecular formula is C117H154KN13O9S4. The van der Waals surface area contributed by atoms with Crippen LogP contribution in [0.1, 0.15) is 281 Å². The fraction of sp³-hybridized carbons (Fsp3) is 0.325.